The molecule has 1 saturated heterocycles. The number of aromatic hydroxyl groups is 3. The maximum absolute atomic E-state index is 13.5. The Hall–Kier alpha value is -4.41. The molecule has 1 aliphatic heterocycles. The number of phenols is 3. The first-order chi connectivity index (χ1) is 19.7. The van der Waals surface area contributed by atoms with E-state index in [1.54, 1.807) is 0 Å². The van der Waals surface area contributed by atoms with Crippen molar-refractivity contribution in [2.75, 3.05) is 6.61 Å². The van der Waals surface area contributed by atoms with Gasteiger partial charge in [-0.3, -0.25) is 14.4 Å². The first-order valence-electron chi connectivity index (χ1n) is 12.4. The minimum Gasteiger partial charge on any atom is -0.508 e. The zero-order valence-corrected chi connectivity index (χ0v) is 21.9. The first kappa shape index (κ1) is 30.5. The summed E-state index contributed by atoms with van der Waals surface area (Å²) in [5.74, 6) is -4.52. The second-order valence-corrected chi connectivity index (χ2v) is 10.0. The van der Waals surface area contributed by atoms with Crippen molar-refractivity contribution >= 4 is 22.9 Å². The second kappa shape index (κ2) is 11.8. The molecular formula is C27H28O15. The highest BCUT2D eigenvalue weighted by Crippen LogP contribution is 2.37. The number of carbonyl (C=O) groups excluding carboxylic acids is 1. The van der Waals surface area contributed by atoms with E-state index in [0.717, 1.165) is 19.1 Å². The Labute approximate surface area is 236 Å². The number of fused-ring (bicyclic) bond motifs is 1. The van der Waals surface area contributed by atoms with E-state index in [1.807, 2.05) is 0 Å². The Bertz CT molecular complexity index is 1530. The molecule has 15 heteroatoms. The number of phenolic OH excluding ortho intramolecular Hbond substituents is 3. The fourth-order valence-corrected chi connectivity index (χ4v) is 4.37. The van der Waals surface area contributed by atoms with Crippen LogP contribution < -0.4 is 10.2 Å². The molecule has 0 spiro atoms. The molecule has 2 heterocycles. The number of ether oxygens (including phenoxy) is 3. The highest BCUT2D eigenvalue weighted by Gasteiger charge is 2.46. The highest BCUT2D eigenvalue weighted by molar-refractivity contribution is 5.88. The molecule has 0 bridgehead atoms. The monoisotopic (exact) mass is 592 g/mol. The maximum atomic E-state index is 13.5. The SMILES string of the molecule is C[C@@](O)(CC(=O)O)CC(=O)OC[C@H]1O[C@@H](Oc2c(-c3ccc(O)cc3)oc3cc(O)cc(O)c3c2=O)[C@H](O)[C@@H](O)[C@@H]1O. The van der Waals surface area contributed by atoms with E-state index in [1.165, 1.54) is 24.3 Å². The predicted octanol–water partition coefficient (Wildman–Crippen LogP) is -0.0778. The zero-order chi connectivity index (χ0) is 30.9. The van der Waals surface area contributed by atoms with Crippen molar-refractivity contribution in [3.8, 4) is 34.3 Å². The van der Waals surface area contributed by atoms with E-state index in [-0.39, 0.29) is 22.7 Å². The molecule has 0 aliphatic carbocycles. The molecule has 0 radical (unpaired) electrons. The van der Waals surface area contributed by atoms with Gasteiger partial charge < -0.3 is 59.5 Å². The minimum absolute atomic E-state index is 0.121. The molecule has 1 fully saturated rings. The van der Waals surface area contributed by atoms with Gasteiger partial charge in [0, 0.05) is 17.7 Å². The molecule has 0 amide bonds. The molecule has 0 unspecified atom stereocenters. The van der Waals surface area contributed by atoms with Crippen molar-refractivity contribution in [2.45, 2.75) is 56.1 Å². The number of hydrogen-bond acceptors (Lipinski definition) is 14. The topological polar surface area (TPSA) is 254 Å². The number of aliphatic hydroxyl groups excluding tert-OH is 3. The maximum Gasteiger partial charge on any atom is 0.308 e. The van der Waals surface area contributed by atoms with Gasteiger partial charge in [0.1, 0.15) is 59.2 Å². The number of benzene rings is 2. The van der Waals surface area contributed by atoms with Crippen molar-refractivity contribution in [1.29, 1.82) is 0 Å². The van der Waals surface area contributed by atoms with Gasteiger partial charge in [0.05, 0.1) is 18.4 Å². The van der Waals surface area contributed by atoms with Crippen LogP contribution in [0, 0.1) is 0 Å². The summed E-state index contributed by atoms with van der Waals surface area (Å²) in [5.41, 5.74) is -2.98. The lowest BCUT2D eigenvalue weighted by Crippen LogP contribution is -2.60. The molecule has 0 saturated carbocycles. The summed E-state index contributed by atoms with van der Waals surface area (Å²) in [6.45, 7) is 0.377. The summed E-state index contributed by atoms with van der Waals surface area (Å²) in [5, 5.41) is 79.8. The lowest BCUT2D eigenvalue weighted by molar-refractivity contribution is -0.278. The number of carboxylic acids is 1. The quantitative estimate of drug-likeness (QED) is 0.151. The van der Waals surface area contributed by atoms with Crippen LogP contribution in [0.3, 0.4) is 0 Å². The van der Waals surface area contributed by atoms with Gasteiger partial charge >= 0.3 is 11.9 Å². The zero-order valence-electron chi connectivity index (χ0n) is 21.9. The van der Waals surface area contributed by atoms with Gasteiger partial charge in [-0.25, -0.2) is 0 Å². The number of aliphatic hydroxyl groups is 4. The third-order valence-electron chi connectivity index (χ3n) is 6.42. The van der Waals surface area contributed by atoms with Gasteiger partial charge in [0.25, 0.3) is 0 Å². The standard InChI is InChI=1S/C27H28O15/c1-27(38,8-17(31)32)9-18(33)39-10-16-20(34)22(36)23(37)26(41-16)42-25-21(35)19-14(30)6-13(29)7-15(19)40-24(25)11-2-4-12(28)5-3-11/h2-7,16,20,22-23,26,28-30,34,36-38H,8-10H2,1H3,(H,31,32)/t16-,20-,22+,23-,26+,27-/m1/s1. The summed E-state index contributed by atoms with van der Waals surface area (Å²) in [4.78, 5) is 36.5. The van der Waals surface area contributed by atoms with Crippen molar-refractivity contribution in [3.05, 3.63) is 46.6 Å². The number of carboxylic acid groups (broad SMARTS) is 1. The fourth-order valence-electron chi connectivity index (χ4n) is 4.37. The van der Waals surface area contributed by atoms with Crippen LogP contribution in [0.2, 0.25) is 0 Å². The molecule has 4 rings (SSSR count). The van der Waals surface area contributed by atoms with Gasteiger partial charge in [-0.05, 0) is 31.2 Å². The highest BCUT2D eigenvalue weighted by atomic mass is 16.7. The summed E-state index contributed by atoms with van der Waals surface area (Å²) >= 11 is 0. The number of carbonyl (C=O) groups is 2. The van der Waals surface area contributed by atoms with Gasteiger partial charge in [0.2, 0.25) is 17.5 Å². The number of rotatable bonds is 9. The van der Waals surface area contributed by atoms with Gasteiger partial charge in [0.15, 0.2) is 5.76 Å². The van der Waals surface area contributed by atoms with Gasteiger partial charge in [-0.15, -0.1) is 0 Å². The second-order valence-electron chi connectivity index (χ2n) is 10.0. The number of hydrogen-bond donors (Lipinski definition) is 8. The van der Waals surface area contributed by atoms with Gasteiger partial charge in [-0.1, -0.05) is 0 Å². The molecule has 8 N–H and O–H groups in total. The third-order valence-corrected chi connectivity index (χ3v) is 6.42. The average molecular weight is 593 g/mol. The van der Waals surface area contributed by atoms with E-state index >= 15 is 0 Å². The Balaban J connectivity index is 1.64. The predicted molar refractivity (Wildman–Crippen MR) is 139 cm³/mol. The molecule has 2 aromatic carbocycles. The summed E-state index contributed by atoms with van der Waals surface area (Å²) < 4.78 is 21.9. The Morgan fingerprint density at radius 2 is 1.62 bits per heavy atom. The first-order valence-corrected chi connectivity index (χ1v) is 12.4. The average Bonchev–Trinajstić information content (AvgIpc) is 2.88. The summed E-state index contributed by atoms with van der Waals surface area (Å²) in [6.07, 6.45) is -10.6. The molecule has 3 aromatic rings. The van der Waals surface area contributed by atoms with E-state index in [9.17, 15) is 50.1 Å². The molecule has 226 valence electrons. The fraction of sp³-hybridized carbons (Fsp3) is 0.370. The van der Waals surface area contributed by atoms with E-state index < -0.39 is 95.8 Å². The van der Waals surface area contributed by atoms with Gasteiger partial charge in [-0.2, -0.15) is 0 Å². The summed E-state index contributed by atoms with van der Waals surface area (Å²) in [6, 6.07) is 7.20. The van der Waals surface area contributed by atoms with E-state index in [2.05, 4.69) is 0 Å². The van der Waals surface area contributed by atoms with Crippen molar-refractivity contribution in [1.82, 2.24) is 0 Å². The number of aliphatic carboxylic acids is 1. The van der Waals surface area contributed by atoms with Crippen LogP contribution >= 0.6 is 0 Å². The molecule has 1 aliphatic rings. The summed E-state index contributed by atoms with van der Waals surface area (Å²) in [7, 11) is 0. The van der Waals surface area contributed by atoms with E-state index in [4.69, 9.17) is 23.7 Å². The molecule has 6 atom stereocenters. The van der Waals surface area contributed by atoms with Crippen molar-refractivity contribution in [2.24, 2.45) is 0 Å². The lowest BCUT2D eigenvalue weighted by atomic mass is 9.98. The molecule has 15 nitrogen and oxygen atoms in total. The van der Waals surface area contributed by atoms with Crippen molar-refractivity contribution in [3.63, 3.8) is 0 Å². The molecular weight excluding hydrogens is 564 g/mol. The normalized spacial score (nSPS) is 23.7. The van der Waals surface area contributed by atoms with Crippen LogP contribution in [-0.4, -0.2) is 95.7 Å². The Kier molecular flexibility index (Phi) is 8.60. The van der Waals surface area contributed by atoms with Crippen LogP contribution in [0.5, 0.6) is 23.0 Å². The smallest absolute Gasteiger partial charge is 0.308 e. The minimum atomic E-state index is -1.96. The molecule has 42 heavy (non-hydrogen) atoms. The van der Waals surface area contributed by atoms with Crippen LogP contribution in [0.1, 0.15) is 19.8 Å². The largest absolute Gasteiger partial charge is 0.508 e. The lowest BCUT2D eigenvalue weighted by Gasteiger charge is -2.39. The number of esters is 1. The Morgan fingerprint density at radius 3 is 2.26 bits per heavy atom. The molecule has 1 aromatic heterocycles. The Morgan fingerprint density at radius 1 is 0.952 bits per heavy atom. The van der Waals surface area contributed by atoms with Crippen LogP contribution in [0.25, 0.3) is 22.3 Å². The third kappa shape index (κ3) is 6.56. The van der Waals surface area contributed by atoms with Crippen LogP contribution in [0.15, 0.2) is 45.6 Å². The van der Waals surface area contributed by atoms with Crippen LogP contribution in [0.4, 0.5) is 0 Å². The van der Waals surface area contributed by atoms with Crippen LogP contribution in [-0.2, 0) is 19.1 Å². The van der Waals surface area contributed by atoms with Crippen molar-refractivity contribution < 1.29 is 69.1 Å². The van der Waals surface area contributed by atoms with E-state index in [0.29, 0.717) is 0 Å².